The molecule has 2 saturated heterocycles. The second-order valence-corrected chi connectivity index (χ2v) is 7.91. The number of amides is 1. The summed E-state index contributed by atoms with van der Waals surface area (Å²) >= 11 is 0. The zero-order valence-electron chi connectivity index (χ0n) is 16.4. The highest BCUT2D eigenvalue weighted by Crippen LogP contribution is 2.24. The molecular formula is C20H28N6O2. The molecule has 8 nitrogen and oxygen atoms in total. The fourth-order valence-electron chi connectivity index (χ4n) is 4.30. The maximum atomic E-state index is 12.6. The van der Waals surface area contributed by atoms with E-state index in [2.05, 4.69) is 15.1 Å². The number of rotatable bonds is 4. The highest BCUT2D eigenvalue weighted by Gasteiger charge is 2.32. The maximum absolute atomic E-state index is 12.6. The van der Waals surface area contributed by atoms with Crippen molar-refractivity contribution in [3.05, 3.63) is 40.9 Å². The summed E-state index contributed by atoms with van der Waals surface area (Å²) in [5.74, 6) is 1.31. The van der Waals surface area contributed by atoms with Crippen LogP contribution >= 0.6 is 0 Å². The lowest BCUT2D eigenvalue weighted by Gasteiger charge is -2.37. The lowest BCUT2D eigenvalue weighted by atomic mass is 9.94. The van der Waals surface area contributed by atoms with E-state index >= 15 is 0 Å². The summed E-state index contributed by atoms with van der Waals surface area (Å²) in [7, 11) is 1.91. The van der Waals surface area contributed by atoms with Crippen LogP contribution in [0.4, 0.5) is 0 Å². The molecule has 0 bridgehead atoms. The average Bonchev–Trinajstić information content (AvgIpc) is 3.19. The first-order valence-electron chi connectivity index (χ1n) is 10.2. The molecule has 1 atom stereocenters. The molecule has 2 aromatic rings. The van der Waals surface area contributed by atoms with Crippen LogP contribution in [-0.4, -0.2) is 68.0 Å². The number of hydrogen-bond acceptors (Lipinski definition) is 5. The van der Waals surface area contributed by atoms with Crippen molar-refractivity contribution in [3.8, 4) is 5.82 Å². The molecule has 0 spiro atoms. The summed E-state index contributed by atoms with van der Waals surface area (Å²) in [5, 5.41) is 8.67. The van der Waals surface area contributed by atoms with Gasteiger partial charge < -0.3 is 4.90 Å². The molecule has 28 heavy (non-hydrogen) atoms. The number of carbonyl (C=O) groups is 1. The third kappa shape index (κ3) is 4.01. The summed E-state index contributed by atoms with van der Waals surface area (Å²) in [6.45, 7) is 3.29. The molecule has 2 aliphatic heterocycles. The molecule has 1 unspecified atom stereocenters. The first kappa shape index (κ1) is 18.9. The molecule has 4 heterocycles. The largest absolute Gasteiger partial charge is 0.344 e. The van der Waals surface area contributed by atoms with Gasteiger partial charge in [-0.2, -0.15) is 5.10 Å². The third-order valence-electron chi connectivity index (χ3n) is 6.00. The molecule has 2 fully saturated rings. The van der Waals surface area contributed by atoms with Gasteiger partial charge in [0, 0.05) is 38.6 Å². The van der Waals surface area contributed by atoms with Crippen LogP contribution in [0.25, 0.3) is 5.82 Å². The van der Waals surface area contributed by atoms with Crippen molar-refractivity contribution in [1.82, 2.24) is 29.4 Å². The van der Waals surface area contributed by atoms with Crippen LogP contribution < -0.4 is 5.56 Å². The highest BCUT2D eigenvalue weighted by atomic mass is 16.2. The Morgan fingerprint density at radius 1 is 1.07 bits per heavy atom. The molecular weight excluding hydrogens is 356 g/mol. The van der Waals surface area contributed by atoms with E-state index < -0.39 is 0 Å². The number of likely N-dealkylation sites (tertiary alicyclic amines) is 2. The first-order valence-corrected chi connectivity index (χ1v) is 10.2. The first-order chi connectivity index (χ1) is 13.6. The van der Waals surface area contributed by atoms with Gasteiger partial charge in [-0.1, -0.05) is 0 Å². The van der Waals surface area contributed by atoms with Gasteiger partial charge in [0.1, 0.15) is 0 Å². The maximum Gasteiger partial charge on any atom is 0.266 e. The summed E-state index contributed by atoms with van der Waals surface area (Å²) in [6.07, 6.45) is 8.63. The van der Waals surface area contributed by atoms with Gasteiger partial charge in [0.2, 0.25) is 5.91 Å². The SMILES string of the molecule is CN1CCCCC(N2CCC(Cn3nc(-n4cccn4)ccc3=O)CC2)C1=O. The molecule has 4 rings (SSSR count). The Hall–Kier alpha value is -2.48. The predicted octanol–water partition coefficient (Wildman–Crippen LogP) is 1.15. The van der Waals surface area contributed by atoms with E-state index in [1.807, 2.05) is 24.2 Å². The fourth-order valence-corrected chi connectivity index (χ4v) is 4.30. The van der Waals surface area contributed by atoms with Gasteiger partial charge in [-0.15, -0.1) is 5.10 Å². The quantitative estimate of drug-likeness (QED) is 0.790. The Balaban J connectivity index is 1.39. The van der Waals surface area contributed by atoms with Crippen molar-refractivity contribution in [2.45, 2.75) is 44.7 Å². The van der Waals surface area contributed by atoms with E-state index in [1.165, 1.54) is 0 Å². The Morgan fingerprint density at radius 3 is 2.64 bits per heavy atom. The van der Waals surface area contributed by atoms with E-state index in [-0.39, 0.29) is 17.5 Å². The number of aromatic nitrogens is 4. The normalized spacial score (nSPS) is 22.4. The minimum atomic E-state index is -0.0843. The van der Waals surface area contributed by atoms with E-state index in [0.717, 1.165) is 51.7 Å². The Kier molecular flexibility index (Phi) is 5.57. The third-order valence-corrected chi connectivity index (χ3v) is 6.00. The Labute approximate surface area is 164 Å². The van der Waals surface area contributed by atoms with Gasteiger partial charge in [-0.3, -0.25) is 14.5 Å². The molecule has 2 aromatic heterocycles. The van der Waals surface area contributed by atoms with Gasteiger partial charge in [0.15, 0.2) is 5.82 Å². The second kappa shape index (κ2) is 8.26. The minimum Gasteiger partial charge on any atom is -0.344 e. The van der Waals surface area contributed by atoms with Crippen molar-refractivity contribution in [2.75, 3.05) is 26.7 Å². The van der Waals surface area contributed by atoms with Crippen LogP contribution in [0.5, 0.6) is 0 Å². The minimum absolute atomic E-state index is 0.0254. The van der Waals surface area contributed by atoms with Gasteiger partial charge in [0.25, 0.3) is 5.56 Å². The van der Waals surface area contributed by atoms with Crippen LogP contribution in [0.2, 0.25) is 0 Å². The highest BCUT2D eigenvalue weighted by molar-refractivity contribution is 5.81. The number of hydrogen-bond donors (Lipinski definition) is 0. The molecule has 0 aliphatic carbocycles. The van der Waals surface area contributed by atoms with Crippen LogP contribution in [0.15, 0.2) is 35.4 Å². The van der Waals surface area contributed by atoms with E-state index in [9.17, 15) is 9.59 Å². The number of carbonyl (C=O) groups excluding carboxylic acids is 1. The summed E-state index contributed by atoms with van der Waals surface area (Å²) in [6, 6.07) is 5.11. The van der Waals surface area contributed by atoms with Crippen molar-refractivity contribution in [3.63, 3.8) is 0 Å². The molecule has 0 radical (unpaired) electrons. The van der Waals surface area contributed by atoms with Crippen LogP contribution in [0.1, 0.15) is 32.1 Å². The van der Waals surface area contributed by atoms with Gasteiger partial charge in [-0.25, -0.2) is 9.36 Å². The lowest BCUT2D eigenvalue weighted by molar-refractivity contribution is -0.135. The molecule has 0 N–H and O–H groups in total. The molecule has 0 aromatic carbocycles. The number of likely N-dealkylation sites (N-methyl/N-ethyl adjacent to an activating group) is 1. The van der Waals surface area contributed by atoms with Crippen molar-refractivity contribution < 1.29 is 4.79 Å². The molecule has 2 aliphatic rings. The van der Waals surface area contributed by atoms with Gasteiger partial charge >= 0.3 is 0 Å². The summed E-state index contributed by atoms with van der Waals surface area (Å²) < 4.78 is 3.22. The van der Waals surface area contributed by atoms with E-state index in [0.29, 0.717) is 18.3 Å². The van der Waals surface area contributed by atoms with Crippen molar-refractivity contribution >= 4 is 5.91 Å². The predicted molar refractivity (Wildman–Crippen MR) is 105 cm³/mol. The summed E-state index contributed by atoms with van der Waals surface area (Å²) in [4.78, 5) is 29.1. The molecule has 150 valence electrons. The van der Waals surface area contributed by atoms with Gasteiger partial charge in [0.05, 0.1) is 6.04 Å². The molecule has 1 amide bonds. The second-order valence-electron chi connectivity index (χ2n) is 7.91. The monoisotopic (exact) mass is 384 g/mol. The zero-order valence-corrected chi connectivity index (χ0v) is 16.4. The van der Waals surface area contributed by atoms with Gasteiger partial charge in [-0.05, 0) is 63.2 Å². The smallest absolute Gasteiger partial charge is 0.266 e. The Morgan fingerprint density at radius 2 is 1.89 bits per heavy atom. The average molecular weight is 384 g/mol. The topological polar surface area (TPSA) is 76.3 Å². The number of nitrogens with zero attached hydrogens (tertiary/aromatic N) is 6. The van der Waals surface area contributed by atoms with E-state index in [4.69, 9.17) is 0 Å². The molecule has 0 saturated carbocycles. The zero-order chi connectivity index (χ0) is 19.5. The van der Waals surface area contributed by atoms with Crippen LogP contribution in [-0.2, 0) is 11.3 Å². The summed E-state index contributed by atoms with van der Waals surface area (Å²) in [5.41, 5.74) is -0.0843. The van der Waals surface area contributed by atoms with Crippen LogP contribution in [0, 0.1) is 5.92 Å². The molecule has 8 heteroatoms. The van der Waals surface area contributed by atoms with E-state index in [1.54, 1.807) is 27.7 Å². The fraction of sp³-hybridized carbons (Fsp3) is 0.600. The number of piperidine rings is 1. The van der Waals surface area contributed by atoms with Crippen LogP contribution in [0.3, 0.4) is 0 Å². The van der Waals surface area contributed by atoms with Crippen molar-refractivity contribution in [2.24, 2.45) is 5.92 Å². The Bertz CT molecular complexity index is 854. The standard InChI is InChI=1S/C20H28N6O2/c1-23-11-3-2-5-17(20(23)28)24-13-8-16(9-14-24)15-26-19(27)7-6-18(22-26)25-12-4-10-21-25/h4,6-7,10,12,16-17H,2-3,5,8-9,11,13-15H2,1H3. The lowest BCUT2D eigenvalue weighted by Crippen LogP contribution is -2.49. The van der Waals surface area contributed by atoms with Crippen molar-refractivity contribution in [1.29, 1.82) is 0 Å².